The molecule has 1 aliphatic heterocycles. The van der Waals surface area contributed by atoms with Crippen molar-refractivity contribution in [1.82, 2.24) is 14.8 Å². The van der Waals surface area contributed by atoms with Crippen LogP contribution in [0.25, 0.3) is 0 Å². The number of carbonyl (C=O) groups excluding carboxylic acids is 2. The molecule has 1 aliphatic rings. The summed E-state index contributed by atoms with van der Waals surface area (Å²) in [4.78, 5) is 33.3. The van der Waals surface area contributed by atoms with E-state index in [0.717, 1.165) is 36.8 Å². The first-order valence-corrected chi connectivity index (χ1v) is 11.5. The summed E-state index contributed by atoms with van der Waals surface area (Å²) >= 11 is 1.68. The molecule has 0 saturated carbocycles. The van der Waals surface area contributed by atoms with Gasteiger partial charge in [0.1, 0.15) is 5.75 Å². The summed E-state index contributed by atoms with van der Waals surface area (Å²) in [5.74, 6) is 0.271. The number of anilines is 1. The van der Waals surface area contributed by atoms with Crippen LogP contribution in [-0.2, 0) is 6.42 Å². The molecule has 1 aromatic heterocycles. The molecule has 0 bridgehead atoms. The van der Waals surface area contributed by atoms with Crippen LogP contribution in [0.3, 0.4) is 0 Å². The molecule has 0 atom stereocenters. The fraction of sp³-hybridized carbons (Fsp3) is 0.292. The summed E-state index contributed by atoms with van der Waals surface area (Å²) in [5, 5.41) is 6.04. The molecule has 0 aliphatic carbocycles. The van der Waals surface area contributed by atoms with Crippen molar-refractivity contribution in [1.29, 1.82) is 0 Å². The lowest BCUT2D eigenvalue weighted by molar-refractivity contribution is 0.102. The first kappa shape index (κ1) is 22.0. The van der Waals surface area contributed by atoms with Crippen LogP contribution >= 0.6 is 11.3 Å². The van der Waals surface area contributed by atoms with Crippen LogP contribution in [0.15, 0.2) is 60.0 Å². The number of piperazine rings is 1. The minimum Gasteiger partial charge on any atom is -0.410 e. The predicted octanol–water partition coefficient (Wildman–Crippen LogP) is 4.06. The van der Waals surface area contributed by atoms with Gasteiger partial charge >= 0.3 is 6.09 Å². The molecule has 32 heavy (non-hydrogen) atoms. The molecule has 0 spiro atoms. The van der Waals surface area contributed by atoms with Gasteiger partial charge in [-0.25, -0.2) is 9.78 Å². The van der Waals surface area contributed by atoms with Gasteiger partial charge in [-0.15, -0.1) is 11.3 Å². The van der Waals surface area contributed by atoms with Gasteiger partial charge in [0.05, 0.1) is 10.7 Å². The Balaban J connectivity index is 1.21. The highest BCUT2D eigenvalue weighted by atomic mass is 32.1. The molecule has 2 heterocycles. The Morgan fingerprint density at radius 3 is 2.41 bits per heavy atom. The maximum absolute atomic E-state index is 12.5. The molecule has 2 amide bonds. The second kappa shape index (κ2) is 10.4. The normalized spacial score (nSPS) is 14.2. The van der Waals surface area contributed by atoms with Crippen molar-refractivity contribution in [2.45, 2.75) is 13.3 Å². The number of amides is 2. The number of benzene rings is 2. The molecule has 1 saturated heterocycles. The van der Waals surface area contributed by atoms with Gasteiger partial charge in [0.25, 0.3) is 5.91 Å². The molecule has 2 aromatic carbocycles. The Labute approximate surface area is 191 Å². The van der Waals surface area contributed by atoms with E-state index in [1.807, 2.05) is 25.1 Å². The van der Waals surface area contributed by atoms with Crippen molar-refractivity contribution in [3.8, 4) is 5.75 Å². The lowest BCUT2D eigenvalue weighted by atomic mass is 10.2. The molecular weight excluding hydrogens is 424 g/mol. The summed E-state index contributed by atoms with van der Waals surface area (Å²) in [6, 6.07) is 15.8. The number of hydrogen-bond acceptors (Lipinski definition) is 6. The van der Waals surface area contributed by atoms with Crippen molar-refractivity contribution in [3.63, 3.8) is 0 Å². The van der Waals surface area contributed by atoms with Gasteiger partial charge in [-0.3, -0.25) is 9.69 Å². The maximum Gasteiger partial charge on any atom is 0.415 e. The minimum absolute atomic E-state index is 0.182. The molecule has 1 N–H and O–H groups in total. The molecule has 7 nitrogen and oxygen atoms in total. The first-order chi connectivity index (χ1) is 15.6. The van der Waals surface area contributed by atoms with Crippen molar-refractivity contribution in [2.24, 2.45) is 0 Å². The Hall–Kier alpha value is -3.23. The van der Waals surface area contributed by atoms with E-state index in [1.165, 1.54) is 0 Å². The Bertz CT molecular complexity index is 1040. The summed E-state index contributed by atoms with van der Waals surface area (Å²) in [7, 11) is 0. The van der Waals surface area contributed by atoms with Gasteiger partial charge in [0, 0.05) is 55.8 Å². The van der Waals surface area contributed by atoms with Crippen molar-refractivity contribution < 1.29 is 14.3 Å². The molecule has 3 aromatic rings. The fourth-order valence-corrected chi connectivity index (χ4v) is 4.16. The van der Waals surface area contributed by atoms with Crippen LogP contribution in [0.1, 0.15) is 21.1 Å². The second-order valence-corrected chi connectivity index (χ2v) is 8.71. The molecular formula is C24H26N4O3S. The van der Waals surface area contributed by atoms with Gasteiger partial charge in [0.15, 0.2) is 0 Å². The van der Waals surface area contributed by atoms with Crippen LogP contribution in [0.2, 0.25) is 0 Å². The molecule has 0 unspecified atom stereocenters. The van der Waals surface area contributed by atoms with E-state index >= 15 is 0 Å². The number of ether oxygens (including phenoxy) is 1. The standard InChI is InChI=1S/C24H26N4O3S/c1-18-25-21(17-32-18)11-12-27-13-15-28(16-14-27)24(30)31-22-9-7-20(8-10-22)26-23(29)19-5-3-2-4-6-19/h2-10,17H,11-16H2,1H3,(H,26,29). The topological polar surface area (TPSA) is 74.8 Å². The van der Waals surface area contributed by atoms with E-state index in [-0.39, 0.29) is 12.0 Å². The summed E-state index contributed by atoms with van der Waals surface area (Å²) in [5.41, 5.74) is 2.36. The third-order valence-electron chi connectivity index (χ3n) is 5.33. The molecule has 166 valence electrons. The maximum atomic E-state index is 12.5. The second-order valence-electron chi connectivity index (χ2n) is 7.65. The number of nitrogens with zero attached hydrogens (tertiary/aromatic N) is 3. The zero-order valence-corrected chi connectivity index (χ0v) is 18.8. The molecule has 0 radical (unpaired) electrons. The number of nitrogens with one attached hydrogen (secondary N) is 1. The molecule has 4 rings (SSSR count). The average molecular weight is 451 g/mol. The van der Waals surface area contributed by atoms with Crippen LogP contribution in [0.4, 0.5) is 10.5 Å². The third kappa shape index (κ3) is 5.93. The Kier molecular flexibility index (Phi) is 7.14. The van der Waals surface area contributed by atoms with Gasteiger partial charge in [0.2, 0.25) is 0 Å². The monoisotopic (exact) mass is 450 g/mol. The number of aryl methyl sites for hydroxylation is 1. The van der Waals surface area contributed by atoms with Gasteiger partial charge < -0.3 is 15.0 Å². The Morgan fingerprint density at radius 2 is 1.75 bits per heavy atom. The first-order valence-electron chi connectivity index (χ1n) is 10.6. The van der Waals surface area contributed by atoms with Gasteiger partial charge in [-0.2, -0.15) is 0 Å². The lowest BCUT2D eigenvalue weighted by Crippen LogP contribution is -2.49. The SMILES string of the molecule is Cc1nc(CCN2CCN(C(=O)Oc3ccc(NC(=O)c4ccccc4)cc3)CC2)cs1. The van der Waals surface area contributed by atoms with Gasteiger partial charge in [-0.1, -0.05) is 18.2 Å². The molecule has 1 fully saturated rings. The Morgan fingerprint density at radius 1 is 1.03 bits per heavy atom. The number of rotatable bonds is 6. The van der Waals surface area contributed by atoms with Crippen molar-refractivity contribution >= 4 is 29.0 Å². The summed E-state index contributed by atoms with van der Waals surface area (Å²) in [6.07, 6.45) is 0.586. The van der Waals surface area contributed by atoms with Crippen LogP contribution < -0.4 is 10.1 Å². The number of carbonyl (C=O) groups is 2. The highest BCUT2D eigenvalue weighted by molar-refractivity contribution is 7.09. The highest BCUT2D eigenvalue weighted by Gasteiger charge is 2.22. The van der Waals surface area contributed by atoms with Crippen molar-refractivity contribution in [2.75, 3.05) is 38.0 Å². The smallest absolute Gasteiger partial charge is 0.410 e. The van der Waals surface area contributed by atoms with Crippen molar-refractivity contribution in [3.05, 3.63) is 76.2 Å². The average Bonchev–Trinajstić information content (AvgIpc) is 3.25. The summed E-state index contributed by atoms with van der Waals surface area (Å²) < 4.78 is 5.51. The van der Waals surface area contributed by atoms with Crippen LogP contribution in [-0.4, -0.2) is 59.5 Å². The molecule has 8 heteroatoms. The lowest BCUT2D eigenvalue weighted by Gasteiger charge is -2.33. The van der Waals surface area contributed by atoms with E-state index in [2.05, 4.69) is 20.6 Å². The third-order valence-corrected chi connectivity index (χ3v) is 6.16. The number of aromatic nitrogens is 1. The van der Waals surface area contributed by atoms with E-state index in [1.54, 1.807) is 52.6 Å². The van der Waals surface area contributed by atoms with E-state index in [9.17, 15) is 9.59 Å². The predicted molar refractivity (Wildman–Crippen MR) is 125 cm³/mol. The number of thiazole rings is 1. The largest absolute Gasteiger partial charge is 0.415 e. The van der Waals surface area contributed by atoms with E-state index in [4.69, 9.17) is 4.74 Å². The number of hydrogen-bond donors (Lipinski definition) is 1. The van der Waals surface area contributed by atoms with E-state index < -0.39 is 0 Å². The summed E-state index contributed by atoms with van der Waals surface area (Å²) in [6.45, 7) is 5.89. The van der Waals surface area contributed by atoms with Gasteiger partial charge in [-0.05, 0) is 43.3 Å². The van der Waals surface area contributed by atoms with E-state index in [0.29, 0.717) is 30.1 Å². The van der Waals surface area contributed by atoms with Crippen LogP contribution in [0, 0.1) is 6.92 Å². The highest BCUT2D eigenvalue weighted by Crippen LogP contribution is 2.18. The van der Waals surface area contributed by atoms with Crippen LogP contribution in [0.5, 0.6) is 5.75 Å². The minimum atomic E-state index is -0.346. The zero-order valence-electron chi connectivity index (χ0n) is 18.0. The fourth-order valence-electron chi connectivity index (χ4n) is 3.51. The zero-order chi connectivity index (χ0) is 22.3. The quantitative estimate of drug-likeness (QED) is 0.613.